The lowest BCUT2D eigenvalue weighted by atomic mass is 10.0. The first-order valence-electron chi connectivity index (χ1n) is 9.95. The number of nitrogens with one attached hydrogen (secondary N) is 1. The summed E-state index contributed by atoms with van der Waals surface area (Å²) in [6.07, 6.45) is 0. The average Bonchev–Trinajstić information content (AvgIpc) is 3.02. The highest BCUT2D eigenvalue weighted by molar-refractivity contribution is 6.46. The van der Waals surface area contributed by atoms with Crippen molar-refractivity contribution in [3.63, 3.8) is 0 Å². The smallest absolute Gasteiger partial charge is 0.282 e. The van der Waals surface area contributed by atoms with E-state index in [-0.39, 0.29) is 5.70 Å². The Morgan fingerprint density at radius 2 is 1.61 bits per heavy atom. The van der Waals surface area contributed by atoms with E-state index >= 15 is 0 Å². The summed E-state index contributed by atoms with van der Waals surface area (Å²) in [6, 6.07) is 21.6. The Hall–Kier alpha value is -3.57. The maximum absolute atomic E-state index is 13.5. The Bertz CT molecular complexity index is 1190. The maximum Gasteiger partial charge on any atom is 0.282 e. The van der Waals surface area contributed by atoms with Crippen molar-refractivity contribution in [1.82, 2.24) is 0 Å². The molecule has 3 aromatic carbocycles. The minimum absolute atomic E-state index is 0.197. The van der Waals surface area contributed by atoms with Gasteiger partial charge in [-0.2, -0.15) is 0 Å². The topological polar surface area (TPSA) is 58.6 Å². The number of hydrogen-bond donors (Lipinski definition) is 1. The van der Waals surface area contributed by atoms with E-state index in [1.54, 1.807) is 25.1 Å². The molecule has 0 unspecified atom stereocenters. The van der Waals surface area contributed by atoms with Crippen LogP contribution in [0.15, 0.2) is 78.5 Å². The van der Waals surface area contributed by atoms with Crippen LogP contribution in [0.2, 0.25) is 5.02 Å². The molecule has 4 rings (SSSR count). The standard InChI is InChI=1S/C25H21ClN2O3/c1-3-31-21-15-8-7-13-19(21)27-23-22(17-10-5-4-6-11-17)24(29)28(25(23)30)20-14-9-12-18(26)16(20)2/h4-15,27H,3H2,1-2H3. The van der Waals surface area contributed by atoms with Crippen molar-refractivity contribution in [2.45, 2.75) is 13.8 Å². The number of imide groups is 1. The number of rotatable bonds is 6. The molecule has 0 saturated carbocycles. The molecule has 0 saturated heterocycles. The summed E-state index contributed by atoms with van der Waals surface area (Å²) in [5.41, 5.74) is 2.89. The zero-order valence-electron chi connectivity index (χ0n) is 17.2. The molecule has 1 N–H and O–H groups in total. The number of anilines is 2. The molecule has 156 valence electrons. The molecule has 1 heterocycles. The zero-order valence-corrected chi connectivity index (χ0v) is 17.9. The van der Waals surface area contributed by atoms with Crippen LogP contribution < -0.4 is 15.0 Å². The SMILES string of the molecule is CCOc1ccccc1NC1=C(c2ccccc2)C(=O)N(c2cccc(Cl)c2C)C1=O. The molecule has 0 aromatic heterocycles. The summed E-state index contributed by atoms with van der Waals surface area (Å²) in [6.45, 7) is 4.15. The number of carbonyl (C=O) groups excluding carboxylic acids is 2. The third-order valence-corrected chi connectivity index (χ3v) is 5.48. The average molecular weight is 433 g/mol. The highest BCUT2D eigenvalue weighted by atomic mass is 35.5. The van der Waals surface area contributed by atoms with Gasteiger partial charge in [-0.25, -0.2) is 4.90 Å². The second kappa shape index (κ2) is 8.66. The number of para-hydroxylation sites is 2. The second-order valence-corrected chi connectivity index (χ2v) is 7.41. The molecule has 0 atom stereocenters. The Kier molecular flexibility index (Phi) is 5.78. The van der Waals surface area contributed by atoms with E-state index in [2.05, 4.69) is 5.32 Å². The highest BCUT2D eigenvalue weighted by Gasteiger charge is 2.41. The van der Waals surface area contributed by atoms with Gasteiger partial charge in [0.25, 0.3) is 11.8 Å². The molecule has 0 aliphatic carbocycles. The van der Waals surface area contributed by atoms with Gasteiger partial charge in [0, 0.05) is 5.02 Å². The molecular formula is C25H21ClN2O3. The fourth-order valence-electron chi connectivity index (χ4n) is 3.56. The first kappa shape index (κ1) is 20.7. The van der Waals surface area contributed by atoms with Gasteiger partial charge in [0.1, 0.15) is 11.4 Å². The quantitative estimate of drug-likeness (QED) is 0.526. The van der Waals surface area contributed by atoms with Crippen LogP contribution in [0, 0.1) is 6.92 Å². The van der Waals surface area contributed by atoms with Crippen LogP contribution in [0.1, 0.15) is 18.1 Å². The van der Waals surface area contributed by atoms with Crippen molar-refractivity contribution in [3.05, 3.63) is 94.6 Å². The summed E-state index contributed by atoms with van der Waals surface area (Å²) in [5.74, 6) is -0.249. The van der Waals surface area contributed by atoms with Crippen LogP contribution >= 0.6 is 11.6 Å². The monoisotopic (exact) mass is 432 g/mol. The first-order valence-corrected chi connectivity index (χ1v) is 10.3. The molecule has 1 aliphatic rings. The minimum Gasteiger partial charge on any atom is -0.492 e. The van der Waals surface area contributed by atoms with Crippen LogP contribution in [0.3, 0.4) is 0 Å². The van der Waals surface area contributed by atoms with E-state index in [0.717, 1.165) is 0 Å². The van der Waals surface area contributed by atoms with Gasteiger partial charge in [-0.1, -0.05) is 60.1 Å². The molecule has 0 spiro atoms. The molecule has 0 bridgehead atoms. The number of carbonyl (C=O) groups is 2. The Morgan fingerprint density at radius 1 is 0.903 bits per heavy atom. The van der Waals surface area contributed by atoms with Crippen molar-refractivity contribution in [2.24, 2.45) is 0 Å². The van der Waals surface area contributed by atoms with Crippen LogP contribution in [0.25, 0.3) is 5.57 Å². The molecule has 5 nitrogen and oxygen atoms in total. The van der Waals surface area contributed by atoms with E-state index in [1.807, 2.05) is 61.5 Å². The number of benzene rings is 3. The van der Waals surface area contributed by atoms with E-state index in [4.69, 9.17) is 16.3 Å². The summed E-state index contributed by atoms with van der Waals surface area (Å²) < 4.78 is 5.68. The summed E-state index contributed by atoms with van der Waals surface area (Å²) >= 11 is 6.27. The van der Waals surface area contributed by atoms with Gasteiger partial charge < -0.3 is 10.1 Å². The minimum atomic E-state index is -0.444. The lowest BCUT2D eigenvalue weighted by Gasteiger charge is -2.18. The van der Waals surface area contributed by atoms with E-state index < -0.39 is 11.8 Å². The Labute approximate surface area is 185 Å². The Morgan fingerprint density at radius 3 is 2.35 bits per heavy atom. The lowest BCUT2D eigenvalue weighted by Crippen LogP contribution is -2.33. The van der Waals surface area contributed by atoms with E-state index in [0.29, 0.717) is 45.5 Å². The molecule has 1 aliphatic heterocycles. The van der Waals surface area contributed by atoms with Gasteiger partial charge in [-0.15, -0.1) is 0 Å². The van der Waals surface area contributed by atoms with Crippen LogP contribution in [-0.2, 0) is 9.59 Å². The number of amides is 2. The highest BCUT2D eigenvalue weighted by Crippen LogP contribution is 2.37. The van der Waals surface area contributed by atoms with Gasteiger partial charge in [-0.05, 0) is 49.2 Å². The predicted molar refractivity (Wildman–Crippen MR) is 123 cm³/mol. The van der Waals surface area contributed by atoms with Crippen LogP contribution in [-0.4, -0.2) is 18.4 Å². The second-order valence-electron chi connectivity index (χ2n) is 7.00. The first-order chi connectivity index (χ1) is 15.0. The van der Waals surface area contributed by atoms with Crippen molar-refractivity contribution in [1.29, 1.82) is 0 Å². The molecule has 0 radical (unpaired) electrons. The van der Waals surface area contributed by atoms with Gasteiger partial charge >= 0.3 is 0 Å². The van der Waals surface area contributed by atoms with Crippen molar-refractivity contribution >= 4 is 40.4 Å². The summed E-state index contributed by atoms with van der Waals surface area (Å²) in [7, 11) is 0. The number of nitrogens with zero attached hydrogens (tertiary/aromatic N) is 1. The fourth-order valence-corrected chi connectivity index (χ4v) is 3.73. The van der Waals surface area contributed by atoms with E-state index in [1.165, 1.54) is 4.90 Å². The van der Waals surface area contributed by atoms with Crippen LogP contribution in [0.4, 0.5) is 11.4 Å². The predicted octanol–water partition coefficient (Wildman–Crippen LogP) is 5.44. The number of ether oxygens (including phenoxy) is 1. The third-order valence-electron chi connectivity index (χ3n) is 5.07. The van der Waals surface area contributed by atoms with Gasteiger partial charge in [0.15, 0.2) is 0 Å². The van der Waals surface area contributed by atoms with Gasteiger partial charge in [0.2, 0.25) is 0 Å². The van der Waals surface area contributed by atoms with Gasteiger partial charge in [0.05, 0.1) is 23.6 Å². The zero-order chi connectivity index (χ0) is 22.0. The molecular weight excluding hydrogens is 412 g/mol. The molecule has 6 heteroatoms. The molecule has 3 aromatic rings. The third kappa shape index (κ3) is 3.80. The Balaban J connectivity index is 1.85. The van der Waals surface area contributed by atoms with Gasteiger partial charge in [-0.3, -0.25) is 9.59 Å². The summed E-state index contributed by atoms with van der Waals surface area (Å²) in [5, 5.41) is 3.65. The number of halogens is 1. The van der Waals surface area contributed by atoms with Crippen molar-refractivity contribution < 1.29 is 14.3 Å². The summed E-state index contributed by atoms with van der Waals surface area (Å²) in [4.78, 5) is 28.2. The van der Waals surface area contributed by atoms with Crippen molar-refractivity contribution in [2.75, 3.05) is 16.8 Å². The van der Waals surface area contributed by atoms with E-state index in [9.17, 15) is 9.59 Å². The maximum atomic E-state index is 13.5. The largest absolute Gasteiger partial charge is 0.492 e. The lowest BCUT2D eigenvalue weighted by molar-refractivity contribution is -0.120. The molecule has 2 amide bonds. The number of hydrogen-bond acceptors (Lipinski definition) is 4. The van der Waals surface area contributed by atoms with Crippen LogP contribution in [0.5, 0.6) is 5.75 Å². The molecule has 31 heavy (non-hydrogen) atoms. The van der Waals surface area contributed by atoms with Crippen molar-refractivity contribution in [3.8, 4) is 5.75 Å². The fraction of sp³-hybridized carbons (Fsp3) is 0.120. The molecule has 0 fully saturated rings. The normalized spacial score (nSPS) is 13.7.